The maximum atomic E-state index is 12.3. The van der Waals surface area contributed by atoms with Gasteiger partial charge in [0.15, 0.2) is 0 Å². The van der Waals surface area contributed by atoms with Gasteiger partial charge in [-0.3, -0.25) is 4.79 Å². The number of carbonyl (C=O) groups excluding carboxylic acids is 1. The molecule has 1 aromatic rings. The van der Waals surface area contributed by atoms with E-state index in [2.05, 4.69) is 24.5 Å². The minimum absolute atomic E-state index is 0.0206. The van der Waals surface area contributed by atoms with Crippen LogP contribution in [0.1, 0.15) is 49.0 Å². The van der Waals surface area contributed by atoms with Crippen LogP contribution in [0.5, 0.6) is 0 Å². The van der Waals surface area contributed by atoms with Crippen LogP contribution >= 0.6 is 0 Å². The minimum Gasteiger partial charge on any atom is -0.384 e. The summed E-state index contributed by atoms with van der Waals surface area (Å²) in [5, 5.41) is 6.26. The Hall–Kier alpha value is -1.55. The van der Waals surface area contributed by atoms with Crippen molar-refractivity contribution < 1.29 is 9.53 Å². The molecule has 0 aromatic heterocycles. The molecule has 2 N–H and O–H groups in total. The number of hydrogen-bond donors (Lipinski definition) is 2. The highest BCUT2D eigenvalue weighted by atomic mass is 16.5. The highest BCUT2D eigenvalue weighted by Crippen LogP contribution is 2.17. The fourth-order valence-electron chi connectivity index (χ4n) is 1.98. The number of nitrogens with one attached hydrogen (secondary N) is 2. The van der Waals surface area contributed by atoms with E-state index in [9.17, 15) is 4.79 Å². The molecule has 0 saturated heterocycles. The van der Waals surface area contributed by atoms with Crippen molar-refractivity contribution >= 4 is 11.6 Å². The van der Waals surface area contributed by atoms with Crippen molar-refractivity contribution in [2.45, 2.75) is 40.0 Å². The lowest BCUT2D eigenvalue weighted by atomic mass is 10.1. The third-order valence-corrected chi connectivity index (χ3v) is 3.08. The van der Waals surface area contributed by atoms with Gasteiger partial charge >= 0.3 is 0 Å². The predicted molar refractivity (Wildman–Crippen MR) is 88.0 cm³/mol. The maximum absolute atomic E-state index is 12.3. The normalized spacial score (nSPS) is 10.4. The number of anilines is 1. The summed E-state index contributed by atoms with van der Waals surface area (Å²) in [4.78, 5) is 12.3. The second-order valence-corrected chi connectivity index (χ2v) is 5.20. The van der Waals surface area contributed by atoms with Crippen LogP contribution < -0.4 is 10.6 Å². The summed E-state index contributed by atoms with van der Waals surface area (Å²) in [5.74, 6) is -0.0206. The van der Waals surface area contributed by atoms with E-state index in [0.29, 0.717) is 13.2 Å². The van der Waals surface area contributed by atoms with Crippen LogP contribution in [0.25, 0.3) is 0 Å². The number of hydrogen-bond acceptors (Lipinski definition) is 3. The van der Waals surface area contributed by atoms with Crippen molar-refractivity contribution in [3.63, 3.8) is 0 Å². The highest BCUT2D eigenvalue weighted by molar-refractivity contribution is 5.99. The van der Waals surface area contributed by atoms with E-state index < -0.39 is 0 Å². The van der Waals surface area contributed by atoms with Gasteiger partial charge < -0.3 is 15.4 Å². The Balaban J connectivity index is 2.50. The third kappa shape index (κ3) is 6.63. The second kappa shape index (κ2) is 10.2. The van der Waals surface area contributed by atoms with Gasteiger partial charge in [0, 0.05) is 32.0 Å². The molecule has 0 saturated carbocycles. The van der Waals surface area contributed by atoms with Gasteiger partial charge in [0.1, 0.15) is 0 Å². The lowest BCUT2D eigenvalue weighted by Crippen LogP contribution is -2.26. The fourth-order valence-corrected chi connectivity index (χ4v) is 1.98. The Labute approximate surface area is 128 Å². The van der Waals surface area contributed by atoms with E-state index in [4.69, 9.17) is 4.74 Å². The quantitative estimate of drug-likeness (QED) is 0.650. The fraction of sp³-hybridized carbons (Fsp3) is 0.588. The standard InChI is InChI=1S/C17H28N2O2/c1-4-9-18-16-8-7-14(3)13-15(16)17(20)19-10-6-12-21-11-5-2/h7-8,13,18H,4-6,9-12H2,1-3H3,(H,19,20). The van der Waals surface area contributed by atoms with E-state index in [-0.39, 0.29) is 5.91 Å². The van der Waals surface area contributed by atoms with Crippen molar-refractivity contribution in [2.24, 2.45) is 0 Å². The second-order valence-electron chi connectivity index (χ2n) is 5.20. The Morgan fingerprint density at radius 1 is 1.14 bits per heavy atom. The summed E-state index contributed by atoms with van der Waals surface area (Å²) >= 11 is 0. The van der Waals surface area contributed by atoms with Crippen molar-refractivity contribution in [3.05, 3.63) is 29.3 Å². The highest BCUT2D eigenvalue weighted by Gasteiger charge is 2.10. The molecule has 1 aromatic carbocycles. The molecule has 4 nitrogen and oxygen atoms in total. The van der Waals surface area contributed by atoms with Gasteiger partial charge in [-0.15, -0.1) is 0 Å². The van der Waals surface area contributed by atoms with E-state index >= 15 is 0 Å². The topological polar surface area (TPSA) is 50.4 Å². The van der Waals surface area contributed by atoms with E-state index in [0.717, 1.165) is 49.2 Å². The Morgan fingerprint density at radius 3 is 2.67 bits per heavy atom. The average Bonchev–Trinajstić information content (AvgIpc) is 2.49. The van der Waals surface area contributed by atoms with Crippen LogP contribution in [-0.4, -0.2) is 32.2 Å². The molecule has 0 unspecified atom stereocenters. The molecule has 0 bridgehead atoms. The van der Waals surface area contributed by atoms with Gasteiger partial charge in [0.05, 0.1) is 5.56 Å². The lowest BCUT2D eigenvalue weighted by Gasteiger charge is -2.12. The molecule has 0 radical (unpaired) electrons. The Bertz CT molecular complexity index is 433. The maximum Gasteiger partial charge on any atom is 0.253 e. The van der Waals surface area contributed by atoms with Gasteiger partial charge in [0.25, 0.3) is 5.91 Å². The molecule has 1 amide bonds. The minimum atomic E-state index is -0.0206. The van der Waals surface area contributed by atoms with Crippen molar-refractivity contribution in [3.8, 4) is 0 Å². The third-order valence-electron chi connectivity index (χ3n) is 3.08. The number of aryl methyl sites for hydroxylation is 1. The molecule has 118 valence electrons. The van der Waals surface area contributed by atoms with Crippen LogP contribution in [0.15, 0.2) is 18.2 Å². The number of rotatable bonds is 10. The van der Waals surface area contributed by atoms with Crippen LogP contribution in [0.4, 0.5) is 5.69 Å². The molecule has 0 aliphatic heterocycles. The molecule has 0 heterocycles. The van der Waals surface area contributed by atoms with Crippen LogP contribution in [-0.2, 0) is 4.74 Å². The van der Waals surface area contributed by atoms with Gasteiger partial charge in [-0.25, -0.2) is 0 Å². The molecule has 0 spiro atoms. The Kier molecular flexibility index (Phi) is 8.51. The first-order chi connectivity index (χ1) is 10.2. The summed E-state index contributed by atoms with van der Waals surface area (Å²) in [5.41, 5.74) is 2.72. The van der Waals surface area contributed by atoms with E-state index in [1.54, 1.807) is 0 Å². The molecular weight excluding hydrogens is 264 g/mol. The number of carbonyl (C=O) groups is 1. The van der Waals surface area contributed by atoms with Crippen LogP contribution in [0.3, 0.4) is 0 Å². The van der Waals surface area contributed by atoms with Gasteiger partial charge in [-0.05, 0) is 38.3 Å². The van der Waals surface area contributed by atoms with Gasteiger partial charge in [-0.1, -0.05) is 25.5 Å². The SMILES string of the molecule is CCCNc1ccc(C)cc1C(=O)NCCCOCCC. The average molecular weight is 292 g/mol. The molecule has 1 rings (SSSR count). The first-order valence-electron chi connectivity index (χ1n) is 7.89. The number of ether oxygens (including phenoxy) is 1. The van der Waals surface area contributed by atoms with Gasteiger partial charge in [-0.2, -0.15) is 0 Å². The first-order valence-corrected chi connectivity index (χ1v) is 7.89. The van der Waals surface area contributed by atoms with Crippen molar-refractivity contribution in [1.82, 2.24) is 5.32 Å². The first kappa shape index (κ1) is 17.5. The number of amides is 1. The summed E-state index contributed by atoms with van der Waals surface area (Å²) in [6.07, 6.45) is 2.90. The summed E-state index contributed by atoms with van der Waals surface area (Å²) in [6, 6.07) is 5.93. The number of benzene rings is 1. The molecule has 4 heteroatoms. The van der Waals surface area contributed by atoms with Crippen LogP contribution in [0, 0.1) is 6.92 Å². The Morgan fingerprint density at radius 2 is 1.95 bits per heavy atom. The molecule has 21 heavy (non-hydrogen) atoms. The van der Waals surface area contributed by atoms with Crippen LogP contribution in [0.2, 0.25) is 0 Å². The monoisotopic (exact) mass is 292 g/mol. The summed E-state index contributed by atoms with van der Waals surface area (Å²) in [7, 11) is 0. The van der Waals surface area contributed by atoms with Gasteiger partial charge in [0.2, 0.25) is 0 Å². The molecule has 0 aliphatic rings. The largest absolute Gasteiger partial charge is 0.384 e. The summed E-state index contributed by atoms with van der Waals surface area (Å²) in [6.45, 7) is 9.19. The van der Waals surface area contributed by atoms with Crippen molar-refractivity contribution in [1.29, 1.82) is 0 Å². The lowest BCUT2D eigenvalue weighted by molar-refractivity contribution is 0.0942. The molecule has 0 aliphatic carbocycles. The summed E-state index contributed by atoms with van der Waals surface area (Å²) < 4.78 is 5.40. The zero-order valence-electron chi connectivity index (χ0n) is 13.5. The van der Waals surface area contributed by atoms with Crippen molar-refractivity contribution in [2.75, 3.05) is 31.6 Å². The zero-order chi connectivity index (χ0) is 15.5. The zero-order valence-corrected chi connectivity index (χ0v) is 13.5. The van der Waals surface area contributed by atoms with E-state index in [1.807, 2.05) is 25.1 Å². The van der Waals surface area contributed by atoms with E-state index in [1.165, 1.54) is 0 Å². The molecular formula is C17H28N2O2. The molecule has 0 fully saturated rings. The molecule has 0 atom stereocenters. The predicted octanol–water partition coefficient (Wildman–Crippen LogP) is 3.36. The smallest absolute Gasteiger partial charge is 0.253 e.